The molecule has 0 aromatic heterocycles. The highest BCUT2D eigenvalue weighted by molar-refractivity contribution is 4.95. The average Bonchev–Trinajstić information content (AvgIpc) is 2.62. The molecule has 2 aliphatic heterocycles. The molecule has 0 saturated carbocycles. The number of hydrogen-bond donors (Lipinski definition) is 0. The highest BCUT2D eigenvalue weighted by Crippen LogP contribution is 2.29. The number of rotatable bonds is 2. The second-order valence-corrected chi connectivity index (χ2v) is 3.14. The van der Waals surface area contributed by atoms with Gasteiger partial charge in [0.25, 0.3) is 0 Å². The molecule has 2 aliphatic rings. The van der Waals surface area contributed by atoms with Crippen LogP contribution in [-0.4, -0.2) is 51.8 Å². The SMILES string of the molecule is COC1CO[C@@H]2C(OC)COC12. The van der Waals surface area contributed by atoms with Gasteiger partial charge in [0.15, 0.2) is 0 Å². The normalized spacial score (nSPS) is 46.5. The molecule has 0 bridgehead atoms. The summed E-state index contributed by atoms with van der Waals surface area (Å²) in [6, 6.07) is 0. The van der Waals surface area contributed by atoms with Crippen molar-refractivity contribution >= 4 is 0 Å². The van der Waals surface area contributed by atoms with Crippen LogP contribution < -0.4 is 0 Å². The lowest BCUT2D eigenvalue weighted by atomic mass is 10.1. The van der Waals surface area contributed by atoms with Crippen molar-refractivity contribution in [2.24, 2.45) is 0 Å². The van der Waals surface area contributed by atoms with E-state index in [0.29, 0.717) is 13.2 Å². The molecule has 2 saturated heterocycles. The van der Waals surface area contributed by atoms with Crippen LogP contribution >= 0.6 is 0 Å². The van der Waals surface area contributed by atoms with Gasteiger partial charge in [0.1, 0.15) is 24.4 Å². The van der Waals surface area contributed by atoms with Crippen LogP contribution in [0.15, 0.2) is 0 Å². The van der Waals surface area contributed by atoms with Crippen LogP contribution in [0.4, 0.5) is 0 Å². The van der Waals surface area contributed by atoms with E-state index in [2.05, 4.69) is 0 Å². The van der Waals surface area contributed by atoms with Gasteiger partial charge in [-0.05, 0) is 0 Å². The van der Waals surface area contributed by atoms with Crippen molar-refractivity contribution in [3.05, 3.63) is 0 Å². The lowest BCUT2D eigenvalue weighted by molar-refractivity contribution is -0.0267. The number of methoxy groups -OCH3 is 2. The Kier molecular flexibility index (Phi) is 2.32. The van der Waals surface area contributed by atoms with Gasteiger partial charge in [-0.15, -0.1) is 0 Å². The minimum absolute atomic E-state index is 0.0694. The van der Waals surface area contributed by atoms with Gasteiger partial charge >= 0.3 is 0 Å². The van der Waals surface area contributed by atoms with Gasteiger partial charge in [0, 0.05) is 14.2 Å². The first-order chi connectivity index (χ1) is 5.86. The van der Waals surface area contributed by atoms with Crippen LogP contribution in [0.5, 0.6) is 0 Å². The van der Waals surface area contributed by atoms with E-state index in [4.69, 9.17) is 18.9 Å². The smallest absolute Gasteiger partial charge is 0.115 e. The molecule has 0 amide bonds. The number of ether oxygens (including phenoxy) is 4. The largest absolute Gasteiger partial charge is 0.376 e. The fourth-order valence-corrected chi connectivity index (χ4v) is 1.83. The molecule has 0 radical (unpaired) electrons. The fraction of sp³-hybridized carbons (Fsp3) is 1.00. The molecule has 0 aliphatic carbocycles. The zero-order valence-electron chi connectivity index (χ0n) is 7.36. The molecule has 2 rings (SSSR count). The van der Waals surface area contributed by atoms with Crippen molar-refractivity contribution in [1.29, 1.82) is 0 Å². The first-order valence-electron chi connectivity index (χ1n) is 4.15. The second kappa shape index (κ2) is 3.30. The number of fused-ring (bicyclic) bond motifs is 1. The van der Waals surface area contributed by atoms with E-state index in [1.807, 2.05) is 0 Å². The lowest BCUT2D eigenvalue weighted by Crippen LogP contribution is -2.32. The minimum atomic E-state index is 0.0694. The highest BCUT2D eigenvalue weighted by atomic mass is 16.6. The molecule has 12 heavy (non-hydrogen) atoms. The van der Waals surface area contributed by atoms with E-state index in [-0.39, 0.29) is 24.4 Å². The van der Waals surface area contributed by atoms with Crippen molar-refractivity contribution in [2.75, 3.05) is 27.4 Å². The summed E-state index contributed by atoms with van der Waals surface area (Å²) < 4.78 is 21.4. The zero-order chi connectivity index (χ0) is 8.55. The summed E-state index contributed by atoms with van der Waals surface area (Å²) in [5.41, 5.74) is 0. The van der Waals surface area contributed by atoms with Gasteiger partial charge in [0.05, 0.1) is 13.2 Å². The van der Waals surface area contributed by atoms with Crippen molar-refractivity contribution in [3.8, 4) is 0 Å². The Morgan fingerprint density at radius 2 is 1.33 bits per heavy atom. The van der Waals surface area contributed by atoms with E-state index in [1.165, 1.54) is 0 Å². The monoisotopic (exact) mass is 174 g/mol. The lowest BCUT2D eigenvalue weighted by Gasteiger charge is -2.14. The first kappa shape index (κ1) is 8.44. The molecule has 70 valence electrons. The van der Waals surface area contributed by atoms with Crippen LogP contribution in [0.3, 0.4) is 0 Å². The predicted molar refractivity (Wildman–Crippen MR) is 41.1 cm³/mol. The topological polar surface area (TPSA) is 36.9 Å². The summed E-state index contributed by atoms with van der Waals surface area (Å²) in [6.07, 6.45) is 0.296. The average molecular weight is 174 g/mol. The third-order valence-corrected chi connectivity index (χ3v) is 2.57. The standard InChI is InChI=1S/C8H14O4/c1-9-5-3-11-8-6(10-2)4-12-7(5)8/h5-8H,3-4H2,1-2H3/t5?,6?,7-,8?/m1/s1. The Bertz CT molecular complexity index is 143. The Hall–Kier alpha value is -0.160. The van der Waals surface area contributed by atoms with Crippen molar-refractivity contribution in [3.63, 3.8) is 0 Å². The molecule has 3 unspecified atom stereocenters. The molecule has 0 aromatic rings. The van der Waals surface area contributed by atoms with Crippen LogP contribution in [0.25, 0.3) is 0 Å². The summed E-state index contributed by atoms with van der Waals surface area (Å²) in [5, 5.41) is 0. The molecule has 0 aromatic carbocycles. The Morgan fingerprint density at radius 1 is 0.917 bits per heavy atom. The summed E-state index contributed by atoms with van der Waals surface area (Å²) in [4.78, 5) is 0. The van der Waals surface area contributed by atoms with E-state index >= 15 is 0 Å². The first-order valence-corrected chi connectivity index (χ1v) is 4.15. The quantitative estimate of drug-likeness (QED) is 0.581. The Balaban J connectivity index is 2.01. The van der Waals surface area contributed by atoms with E-state index < -0.39 is 0 Å². The molecule has 4 atom stereocenters. The zero-order valence-corrected chi connectivity index (χ0v) is 7.36. The molecule has 4 heteroatoms. The maximum absolute atomic E-state index is 5.51. The molecule has 0 spiro atoms. The highest BCUT2D eigenvalue weighted by Gasteiger charge is 2.48. The maximum atomic E-state index is 5.51. The molecular formula is C8H14O4. The molecule has 2 heterocycles. The Labute approximate surface area is 71.7 Å². The summed E-state index contributed by atoms with van der Waals surface area (Å²) >= 11 is 0. The van der Waals surface area contributed by atoms with Gasteiger partial charge < -0.3 is 18.9 Å². The minimum Gasteiger partial charge on any atom is -0.376 e. The van der Waals surface area contributed by atoms with Crippen molar-refractivity contribution in [1.82, 2.24) is 0 Å². The molecule has 4 nitrogen and oxygen atoms in total. The maximum Gasteiger partial charge on any atom is 0.115 e. The van der Waals surface area contributed by atoms with E-state index in [1.54, 1.807) is 14.2 Å². The van der Waals surface area contributed by atoms with Crippen LogP contribution in [0.1, 0.15) is 0 Å². The third-order valence-electron chi connectivity index (χ3n) is 2.57. The van der Waals surface area contributed by atoms with Gasteiger partial charge in [-0.3, -0.25) is 0 Å². The summed E-state index contributed by atoms with van der Waals surface area (Å²) in [6.45, 7) is 1.23. The molecule has 2 fully saturated rings. The summed E-state index contributed by atoms with van der Waals surface area (Å²) in [7, 11) is 3.36. The predicted octanol–water partition coefficient (Wildman–Crippen LogP) is -0.186. The molecular weight excluding hydrogens is 160 g/mol. The van der Waals surface area contributed by atoms with E-state index in [0.717, 1.165) is 0 Å². The fourth-order valence-electron chi connectivity index (χ4n) is 1.83. The van der Waals surface area contributed by atoms with Crippen LogP contribution in [-0.2, 0) is 18.9 Å². The van der Waals surface area contributed by atoms with Gasteiger partial charge in [0.2, 0.25) is 0 Å². The van der Waals surface area contributed by atoms with Gasteiger partial charge in [-0.1, -0.05) is 0 Å². The van der Waals surface area contributed by atoms with E-state index in [9.17, 15) is 0 Å². The Morgan fingerprint density at radius 3 is 1.67 bits per heavy atom. The van der Waals surface area contributed by atoms with Crippen LogP contribution in [0, 0.1) is 0 Å². The van der Waals surface area contributed by atoms with Gasteiger partial charge in [-0.2, -0.15) is 0 Å². The van der Waals surface area contributed by atoms with Crippen LogP contribution in [0.2, 0.25) is 0 Å². The van der Waals surface area contributed by atoms with Gasteiger partial charge in [-0.25, -0.2) is 0 Å². The molecule has 0 N–H and O–H groups in total. The third kappa shape index (κ3) is 1.15. The second-order valence-electron chi connectivity index (χ2n) is 3.14. The van der Waals surface area contributed by atoms with Crippen molar-refractivity contribution in [2.45, 2.75) is 24.4 Å². The summed E-state index contributed by atoms with van der Waals surface area (Å²) in [5.74, 6) is 0. The van der Waals surface area contributed by atoms with Crippen molar-refractivity contribution < 1.29 is 18.9 Å². The number of hydrogen-bond acceptors (Lipinski definition) is 4.